The minimum Gasteiger partial charge on any atom is -0.484 e. The topological polar surface area (TPSA) is 38.8 Å². The average Bonchev–Trinajstić information content (AvgIpc) is 2.45. The molecule has 1 aromatic carbocycles. The Morgan fingerprint density at radius 3 is 2.79 bits per heavy atom. The second kappa shape index (κ2) is 7.09. The first kappa shape index (κ1) is 14.6. The molecule has 0 saturated carbocycles. The van der Waals surface area contributed by atoms with Crippen molar-refractivity contribution in [2.75, 3.05) is 26.8 Å². The maximum Gasteiger partial charge on any atom is 0.260 e. The molecule has 0 aliphatic carbocycles. The van der Waals surface area contributed by atoms with Crippen LogP contribution in [0.1, 0.15) is 12.8 Å². The Morgan fingerprint density at radius 2 is 2.16 bits per heavy atom. The van der Waals surface area contributed by atoms with Crippen molar-refractivity contribution in [1.29, 1.82) is 0 Å². The van der Waals surface area contributed by atoms with Gasteiger partial charge in [0.1, 0.15) is 5.75 Å². The summed E-state index contributed by atoms with van der Waals surface area (Å²) < 4.78 is 11.9. The van der Waals surface area contributed by atoms with Crippen molar-refractivity contribution in [3.63, 3.8) is 0 Å². The molecule has 1 aromatic rings. The van der Waals surface area contributed by atoms with Crippen LogP contribution < -0.4 is 4.74 Å². The fourth-order valence-electron chi connectivity index (χ4n) is 2.13. The average molecular weight is 375 g/mol. The summed E-state index contributed by atoms with van der Waals surface area (Å²) in [5.74, 6) is 0.792. The summed E-state index contributed by atoms with van der Waals surface area (Å²) >= 11 is 2.22. The lowest BCUT2D eigenvalue weighted by Crippen LogP contribution is -2.42. The smallest absolute Gasteiger partial charge is 0.260 e. The molecule has 0 bridgehead atoms. The van der Waals surface area contributed by atoms with Crippen LogP contribution in [-0.4, -0.2) is 43.7 Å². The molecule has 0 spiro atoms. The van der Waals surface area contributed by atoms with Crippen LogP contribution in [0.2, 0.25) is 0 Å². The Balaban J connectivity index is 1.79. The van der Waals surface area contributed by atoms with Gasteiger partial charge < -0.3 is 14.4 Å². The van der Waals surface area contributed by atoms with E-state index in [9.17, 15) is 4.79 Å². The van der Waals surface area contributed by atoms with Crippen molar-refractivity contribution in [1.82, 2.24) is 4.90 Å². The predicted octanol–water partition coefficient (Wildman–Crippen LogP) is 2.31. The van der Waals surface area contributed by atoms with Crippen molar-refractivity contribution in [3.8, 4) is 5.75 Å². The van der Waals surface area contributed by atoms with Gasteiger partial charge in [0.25, 0.3) is 5.91 Å². The van der Waals surface area contributed by atoms with E-state index < -0.39 is 0 Å². The molecule has 0 aromatic heterocycles. The van der Waals surface area contributed by atoms with Gasteiger partial charge >= 0.3 is 0 Å². The number of amides is 1. The van der Waals surface area contributed by atoms with Crippen LogP contribution in [0.3, 0.4) is 0 Å². The van der Waals surface area contributed by atoms with E-state index in [2.05, 4.69) is 22.6 Å². The van der Waals surface area contributed by atoms with E-state index in [-0.39, 0.29) is 12.5 Å². The van der Waals surface area contributed by atoms with E-state index in [4.69, 9.17) is 9.47 Å². The summed E-state index contributed by atoms with van der Waals surface area (Å²) in [4.78, 5) is 13.9. The fraction of sp³-hybridized carbons (Fsp3) is 0.500. The van der Waals surface area contributed by atoms with Gasteiger partial charge in [0.15, 0.2) is 6.61 Å². The summed E-state index contributed by atoms with van der Waals surface area (Å²) in [6.45, 7) is 1.62. The van der Waals surface area contributed by atoms with Crippen molar-refractivity contribution in [2.45, 2.75) is 18.9 Å². The molecule has 5 heteroatoms. The standard InChI is InChI=1S/C14H18INO3/c1-18-12-5-7-16(8-6-12)14(17)10-19-13-4-2-3-11(15)9-13/h2-4,9,12H,5-8,10H2,1H3. The van der Waals surface area contributed by atoms with Gasteiger partial charge in [-0.25, -0.2) is 0 Å². The van der Waals surface area contributed by atoms with Gasteiger partial charge in [-0.1, -0.05) is 6.07 Å². The molecule has 19 heavy (non-hydrogen) atoms. The van der Waals surface area contributed by atoms with E-state index in [0.717, 1.165) is 35.3 Å². The zero-order chi connectivity index (χ0) is 13.7. The monoisotopic (exact) mass is 375 g/mol. The number of benzene rings is 1. The third-order valence-corrected chi connectivity index (χ3v) is 3.96. The number of hydrogen-bond acceptors (Lipinski definition) is 3. The number of carbonyl (C=O) groups excluding carboxylic acids is 1. The Labute approximate surface area is 127 Å². The predicted molar refractivity (Wildman–Crippen MR) is 81.3 cm³/mol. The largest absolute Gasteiger partial charge is 0.484 e. The Morgan fingerprint density at radius 1 is 1.42 bits per heavy atom. The third kappa shape index (κ3) is 4.35. The summed E-state index contributed by atoms with van der Waals surface area (Å²) in [5, 5.41) is 0. The van der Waals surface area contributed by atoms with Crippen LogP contribution in [0.4, 0.5) is 0 Å². The molecule has 104 valence electrons. The molecule has 1 heterocycles. The molecule has 2 rings (SSSR count). The number of rotatable bonds is 4. The molecule has 0 N–H and O–H groups in total. The first-order valence-electron chi connectivity index (χ1n) is 6.38. The Bertz CT molecular complexity index is 430. The highest BCUT2D eigenvalue weighted by Crippen LogP contribution is 2.16. The summed E-state index contributed by atoms with van der Waals surface area (Å²) in [6, 6.07) is 7.70. The van der Waals surface area contributed by atoms with Crippen LogP contribution in [0.5, 0.6) is 5.75 Å². The van der Waals surface area contributed by atoms with Crippen molar-refractivity contribution < 1.29 is 14.3 Å². The quantitative estimate of drug-likeness (QED) is 0.759. The molecule has 1 amide bonds. The molecule has 4 nitrogen and oxygen atoms in total. The molecule has 0 atom stereocenters. The van der Waals surface area contributed by atoms with Gasteiger partial charge in [0.05, 0.1) is 6.10 Å². The minimum absolute atomic E-state index is 0.0495. The molecule has 0 unspecified atom stereocenters. The minimum atomic E-state index is 0.0495. The van der Waals surface area contributed by atoms with Crippen molar-refractivity contribution in [2.24, 2.45) is 0 Å². The van der Waals surface area contributed by atoms with E-state index in [1.54, 1.807) is 7.11 Å². The third-order valence-electron chi connectivity index (χ3n) is 3.29. The summed E-state index contributed by atoms with van der Waals surface area (Å²) in [5.41, 5.74) is 0. The van der Waals surface area contributed by atoms with Gasteiger partial charge in [0, 0.05) is 23.8 Å². The Kier molecular flexibility index (Phi) is 5.45. The normalized spacial score (nSPS) is 16.4. The number of ether oxygens (including phenoxy) is 2. The van der Waals surface area contributed by atoms with Crippen LogP contribution in [0.15, 0.2) is 24.3 Å². The van der Waals surface area contributed by atoms with Crippen LogP contribution in [-0.2, 0) is 9.53 Å². The second-order valence-corrected chi connectivity index (χ2v) is 5.81. The van der Waals surface area contributed by atoms with E-state index in [1.807, 2.05) is 29.2 Å². The highest BCUT2D eigenvalue weighted by atomic mass is 127. The number of piperidine rings is 1. The highest BCUT2D eigenvalue weighted by Gasteiger charge is 2.22. The zero-order valence-corrected chi connectivity index (χ0v) is 13.1. The lowest BCUT2D eigenvalue weighted by molar-refractivity contribution is -0.135. The molecular formula is C14H18INO3. The lowest BCUT2D eigenvalue weighted by atomic mass is 10.1. The van der Waals surface area contributed by atoms with Gasteiger partial charge in [-0.05, 0) is 53.6 Å². The van der Waals surface area contributed by atoms with E-state index in [0.29, 0.717) is 6.10 Å². The zero-order valence-electron chi connectivity index (χ0n) is 11.0. The van der Waals surface area contributed by atoms with Crippen molar-refractivity contribution in [3.05, 3.63) is 27.8 Å². The van der Waals surface area contributed by atoms with Crippen LogP contribution in [0, 0.1) is 3.57 Å². The number of likely N-dealkylation sites (tertiary alicyclic amines) is 1. The maximum absolute atomic E-state index is 12.0. The fourth-order valence-corrected chi connectivity index (χ4v) is 2.65. The van der Waals surface area contributed by atoms with Crippen LogP contribution >= 0.6 is 22.6 Å². The summed E-state index contributed by atoms with van der Waals surface area (Å²) in [6.07, 6.45) is 2.11. The number of halogens is 1. The molecule has 0 radical (unpaired) electrons. The second-order valence-electron chi connectivity index (χ2n) is 4.56. The Hall–Kier alpha value is -0.820. The molecule has 1 aliphatic heterocycles. The first-order valence-corrected chi connectivity index (χ1v) is 7.46. The number of methoxy groups -OCH3 is 1. The summed E-state index contributed by atoms with van der Waals surface area (Å²) in [7, 11) is 1.72. The molecule has 1 saturated heterocycles. The van der Waals surface area contributed by atoms with Gasteiger partial charge in [-0.2, -0.15) is 0 Å². The number of nitrogens with zero attached hydrogens (tertiary/aromatic N) is 1. The lowest BCUT2D eigenvalue weighted by Gasteiger charge is -2.31. The first-order chi connectivity index (χ1) is 9.19. The highest BCUT2D eigenvalue weighted by molar-refractivity contribution is 14.1. The number of hydrogen-bond donors (Lipinski definition) is 0. The molecular weight excluding hydrogens is 357 g/mol. The van der Waals surface area contributed by atoms with E-state index >= 15 is 0 Å². The molecule has 1 fully saturated rings. The SMILES string of the molecule is COC1CCN(C(=O)COc2cccc(I)c2)CC1. The van der Waals surface area contributed by atoms with Gasteiger partial charge in [-0.3, -0.25) is 4.79 Å². The number of carbonyl (C=O) groups is 1. The van der Waals surface area contributed by atoms with Gasteiger partial charge in [0.2, 0.25) is 0 Å². The van der Waals surface area contributed by atoms with E-state index in [1.165, 1.54) is 0 Å². The van der Waals surface area contributed by atoms with Crippen molar-refractivity contribution >= 4 is 28.5 Å². The maximum atomic E-state index is 12.0. The molecule has 1 aliphatic rings. The van der Waals surface area contributed by atoms with Crippen LogP contribution in [0.25, 0.3) is 0 Å². The van der Waals surface area contributed by atoms with Gasteiger partial charge in [-0.15, -0.1) is 0 Å².